The Morgan fingerprint density at radius 2 is 1.70 bits per heavy atom. The van der Waals surface area contributed by atoms with Gasteiger partial charge in [0.15, 0.2) is 0 Å². The summed E-state index contributed by atoms with van der Waals surface area (Å²) < 4.78 is 0. The fourth-order valence-corrected chi connectivity index (χ4v) is 2.59. The van der Waals surface area contributed by atoms with Gasteiger partial charge in [0.1, 0.15) is 0 Å². The number of aliphatic carboxylic acids is 2. The van der Waals surface area contributed by atoms with Crippen LogP contribution in [0.3, 0.4) is 0 Å². The number of hydrogen-bond acceptors (Lipinski definition) is 4. The Labute approximate surface area is 118 Å². The van der Waals surface area contributed by atoms with E-state index in [1.165, 1.54) is 0 Å². The number of likely N-dealkylation sites (tertiary alicyclic amines) is 1. The van der Waals surface area contributed by atoms with E-state index in [1.807, 2.05) is 6.92 Å². The Kier molecular flexibility index (Phi) is 6.44. The van der Waals surface area contributed by atoms with Crippen LogP contribution in [-0.4, -0.2) is 70.1 Å². The average Bonchev–Trinajstić information content (AvgIpc) is 2.36. The number of piperidine rings is 1. The standard InChI is InChI=1S/C13H22N2O5/c1-2-10-5-3-4-6-15(10)11(16)7-14(8-12(17)18)9-13(19)20/h10H,2-9H2,1H3,(H,17,18)(H,19,20). The van der Waals surface area contributed by atoms with Gasteiger partial charge in [-0.05, 0) is 25.7 Å². The molecule has 7 heteroatoms. The van der Waals surface area contributed by atoms with Gasteiger partial charge in [-0.25, -0.2) is 0 Å². The quantitative estimate of drug-likeness (QED) is 0.696. The van der Waals surface area contributed by atoms with E-state index in [0.717, 1.165) is 30.6 Å². The second-order valence-electron chi connectivity index (χ2n) is 5.08. The van der Waals surface area contributed by atoms with Crippen LogP contribution in [0.5, 0.6) is 0 Å². The van der Waals surface area contributed by atoms with Crippen LogP contribution in [-0.2, 0) is 14.4 Å². The number of amides is 1. The maximum Gasteiger partial charge on any atom is 0.317 e. The molecule has 1 aliphatic rings. The summed E-state index contributed by atoms with van der Waals surface area (Å²) in [7, 11) is 0. The summed E-state index contributed by atoms with van der Waals surface area (Å²) in [6.07, 6.45) is 3.86. The molecule has 1 amide bonds. The number of carbonyl (C=O) groups is 3. The number of nitrogens with zero attached hydrogens (tertiary/aromatic N) is 2. The summed E-state index contributed by atoms with van der Waals surface area (Å²) >= 11 is 0. The minimum atomic E-state index is -1.13. The van der Waals surface area contributed by atoms with Gasteiger partial charge in [0, 0.05) is 12.6 Å². The van der Waals surface area contributed by atoms with E-state index in [-0.39, 0.29) is 18.5 Å². The van der Waals surface area contributed by atoms with Crippen LogP contribution >= 0.6 is 0 Å². The zero-order chi connectivity index (χ0) is 15.1. The number of rotatable bonds is 7. The maximum absolute atomic E-state index is 12.2. The molecule has 1 aliphatic heterocycles. The van der Waals surface area contributed by atoms with Crippen LogP contribution in [0.4, 0.5) is 0 Å². The van der Waals surface area contributed by atoms with Crippen molar-refractivity contribution in [1.82, 2.24) is 9.80 Å². The molecule has 2 N–H and O–H groups in total. The minimum absolute atomic E-state index is 0.158. The Morgan fingerprint density at radius 3 is 2.20 bits per heavy atom. The van der Waals surface area contributed by atoms with Crippen LogP contribution in [0, 0.1) is 0 Å². The third kappa shape index (κ3) is 5.16. The fourth-order valence-electron chi connectivity index (χ4n) is 2.59. The molecule has 0 spiro atoms. The third-order valence-corrected chi connectivity index (χ3v) is 3.50. The van der Waals surface area contributed by atoms with E-state index >= 15 is 0 Å². The smallest absolute Gasteiger partial charge is 0.317 e. The molecule has 0 aromatic rings. The number of carboxylic acids is 2. The molecule has 20 heavy (non-hydrogen) atoms. The second kappa shape index (κ2) is 7.84. The highest BCUT2D eigenvalue weighted by atomic mass is 16.4. The van der Waals surface area contributed by atoms with Crippen molar-refractivity contribution in [2.24, 2.45) is 0 Å². The highest BCUT2D eigenvalue weighted by molar-refractivity contribution is 5.81. The van der Waals surface area contributed by atoms with Crippen LogP contribution in [0.2, 0.25) is 0 Å². The van der Waals surface area contributed by atoms with Gasteiger partial charge in [-0.15, -0.1) is 0 Å². The average molecular weight is 286 g/mol. The van der Waals surface area contributed by atoms with Crippen molar-refractivity contribution in [3.63, 3.8) is 0 Å². The second-order valence-corrected chi connectivity index (χ2v) is 5.08. The van der Waals surface area contributed by atoms with Crippen molar-refractivity contribution in [1.29, 1.82) is 0 Å². The zero-order valence-electron chi connectivity index (χ0n) is 11.7. The lowest BCUT2D eigenvalue weighted by atomic mass is 10.00. The van der Waals surface area contributed by atoms with E-state index in [4.69, 9.17) is 10.2 Å². The van der Waals surface area contributed by atoms with Gasteiger partial charge >= 0.3 is 11.9 Å². The Morgan fingerprint density at radius 1 is 1.10 bits per heavy atom. The van der Waals surface area contributed by atoms with Gasteiger partial charge in [0.2, 0.25) is 5.91 Å². The third-order valence-electron chi connectivity index (χ3n) is 3.50. The highest BCUT2D eigenvalue weighted by Gasteiger charge is 2.27. The van der Waals surface area contributed by atoms with Gasteiger partial charge < -0.3 is 15.1 Å². The fraction of sp³-hybridized carbons (Fsp3) is 0.769. The zero-order valence-corrected chi connectivity index (χ0v) is 11.7. The minimum Gasteiger partial charge on any atom is -0.480 e. The van der Waals surface area contributed by atoms with Gasteiger partial charge in [0.25, 0.3) is 0 Å². The topological polar surface area (TPSA) is 98.2 Å². The number of carbonyl (C=O) groups excluding carboxylic acids is 1. The molecule has 1 atom stereocenters. The van der Waals surface area contributed by atoms with Crippen LogP contribution < -0.4 is 0 Å². The van der Waals surface area contributed by atoms with E-state index < -0.39 is 25.0 Å². The molecule has 7 nitrogen and oxygen atoms in total. The lowest BCUT2D eigenvalue weighted by molar-refractivity contribution is -0.144. The molecule has 0 bridgehead atoms. The molecular formula is C13H22N2O5. The SMILES string of the molecule is CCC1CCCCN1C(=O)CN(CC(=O)O)CC(=O)O. The lowest BCUT2D eigenvalue weighted by Crippen LogP contribution is -2.49. The molecule has 0 saturated carbocycles. The lowest BCUT2D eigenvalue weighted by Gasteiger charge is -2.36. The largest absolute Gasteiger partial charge is 0.480 e. The molecule has 1 heterocycles. The summed E-state index contributed by atoms with van der Waals surface area (Å²) in [5.41, 5.74) is 0. The van der Waals surface area contributed by atoms with Crippen LogP contribution in [0.15, 0.2) is 0 Å². The molecule has 1 fully saturated rings. The molecule has 0 aliphatic carbocycles. The monoisotopic (exact) mass is 286 g/mol. The Balaban J connectivity index is 2.63. The molecule has 114 valence electrons. The summed E-state index contributed by atoms with van der Waals surface area (Å²) in [5, 5.41) is 17.5. The van der Waals surface area contributed by atoms with Gasteiger partial charge in [0.05, 0.1) is 19.6 Å². The van der Waals surface area contributed by atoms with E-state index in [2.05, 4.69) is 0 Å². The first-order chi connectivity index (χ1) is 9.43. The molecular weight excluding hydrogens is 264 g/mol. The van der Waals surface area contributed by atoms with E-state index in [1.54, 1.807) is 4.90 Å². The summed E-state index contributed by atoms with van der Waals surface area (Å²) in [5.74, 6) is -2.45. The van der Waals surface area contributed by atoms with Crippen molar-refractivity contribution >= 4 is 17.8 Å². The number of hydrogen-bond donors (Lipinski definition) is 2. The molecule has 1 unspecified atom stereocenters. The van der Waals surface area contributed by atoms with Gasteiger partial charge in [-0.2, -0.15) is 0 Å². The predicted octanol–water partition coefficient (Wildman–Crippen LogP) is 0.249. The van der Waals surface area contributed by atoms with Crippen molar-refractivity contribution < 1.29 is 24.6 Å². The normalized spacial score (nSPS) is 19.1. The summed E-state index contributed by atoms with van der Waals surface area (Å²) in [4.78, 5) is 36.6. The molecule has 1 rings (SSSR count). The van der Waals surface area contributed by atoms with E-state index in [0.29, 0.717) is 6.54 Å². The van der Waals surface area contributed by atoms with Crippen molar-refractivity contribution in [3.05, 3.63) is 0 Å². The van der Waals surface area contributed by atoms with Crippen molar-refractivity contribution in [2.45, 2.75) is 38.6 Å². The van der Waals surface area contributed by atoms with Crippen LogP contribution in [0.25, 0.3) is 0 Å². The van der Waals surface area contributed by atoms with Crippen LogP contribution in [0.1, 0.15) is 32.6 Å². The molecule has 0 radical (unpaired) electrons. The molecule has 0 aromatic carbocycles. The molecule has 0 aromatic heterocycles. The first-order valence-electron chi connectivity index (χ1n) is 6.89. The first-order valence-corrected chi connectivity index (χ1v) is 6.89. The summed E-state index contributed by atoms with van der Waals surface area (Å²) in [6.45, 7) is 1.65. The number of carboxylic acid groups (broad SMARTS) is 2. The van der Waals surface area contributed by atoms with Gasteiger partial charge in [-0.1, -0.05) is 6.92 Å². The Hall–Kier alpha value is -1.63. The predicted molar refractivity (Wildman–Crippen MR) is 71.4 cm³/mol. The van der Waals surface area contributed by atoms with Gasteiger partial charge in [-0.3, -0.25) is 19.3 Å². The highest BCUT2D eigenvalue weighted by Crippen LogP contribution is 2.19. The van der Waals surface area contributed by atoms with E-state index in [9.17, 15) is 14.4 Å². The first kappa shape index (κ1) is 16.4. The van der Waals surface area contributed by atoms with Crippen molar-refractivity contribution in [3.8, 4) is 0 Å². The molecule has 1 saturated heterocycles. The van der Waals surface area contributed by atoms with Crippen molar-refractivity contribution in [2.75, 3.05) is 26.2 Å². The summed E-state index contributed by atoms with van der Waals surface area (Å²) in [6, 6.07) is 0.188. The maximum atomic E-state index is 12.2. The Bertz CT molecular complexity index is 356.